The number of aromatic nitrogens is 1. The van der Waals surface area contributed by atoms with Crippen LogP contribution in [0.25, 0.3) is 0 Å². The lowest BCUT2D eigenvalue weighted by atomic mass is 9.74. The predicted octanol–water partition coefficient (Wildman–Crippen LogP) is 3.62. The minimum Gasteiger partial charge on any atom is -0.374 e. The summed E-state index contributed by atoms with van der Waals surface area (Å²) in [6.45, 7) is 9.34. The first kappa shape index (κ1) is 15.9. The number of ether oxygens (including phenoxy) is 1. The SMILES string of the molecule is CCOC1(C(N)Cc2nc(C)c(C)s2)CCCC(C)C1. The summed E-state index contributed by atoms with van der Waals surface area (Å²) in [5, 5.41) is 1.16. The van der Waals surface area contributed by atoms with Gasteiger partial charge in [0.2, 0.25) is 0 Å². The zero-order chi connectivity index (χ0) is 14.8. The van der Waals surface area contributed by atoms with E-state index in [0.29, 0.717) is 5.92 Å². The number of thiazole rings is 1. The molecule has 3 nitrogen and oxygen atoms in total. The summed E-state index contributed by atoms with van der Waals surface area (Å²) in [7, 11) is 0. The average molecular weight is 296 g/mol. The Balaban J connectivity index is 2.12. The summed E-state index contributed by atoms with van der Waals surface area (Å²) in [4.78, 5) is 5.94. The number of nitrogens with zero attached hydrogens (tertiary/aromatic N) is 1. The molecule has 0 saturated heterocycles. The van der Waals surface area contributed by atoms with E-state index in [1.54, 1.807) is 11.3 Å². The van der Waals surface area contributed by atoms with E-state index >= 15 is 0 Å². The molecule has 1 aliphatic carbocycles. The monoisotopic (exact) mass is 296 g/mol. The lowest BCUT2D eigenvalue weighted by Crippen LogP contribution is -2.53. The van der Waals surface area contributed by atoms with Gasteiger partial charge in [-0.25, -0.2) is 4.98 Å². The largest absolute Gasteiger partial charge is 0.374 e. The molecule has 0 aromatic carbocycles. The Kier molecular flexibility index (Phi) is 5.21. The molecule has 0 amide bonds. The molecular formula is C16H28N2OS. The molecule has 4 heteroatoms. The van der Waals surface area contributed by atoms with Gasteiger partial charge in [-0.2, -0.15) is 0 Å². The van der Waals surface area contributed by atoms with Crippen LogP contribution in [-0.4, -0.2) is 23.2 Å². The molecule has 3 unspecified atom stereocenters. The number of aryl methyl sites for hydroxylation is 2. The van der Waals surface area contributed by atoms with Gasteiger partial charge in [0.1, 0.15) is 0 Å². The second kappa shape index (κ2) is 6.54. The first-order valence-corrected chi connectivity index (χ1v) is 8.61. The summed E-state index contributed by atoms with van der Waals surface area (Å²) in [6.07, 6.45) is 5.55. The van der Waals surface area contributed by atoms with E-state index in [2.05, 4.69) is 32.7 Å². The highest BCUT2D eigenvalue weighted by Crippen LogP contribution is 2.38. The zero-order valence-electron chi connectivity index (χ0n) is 13.2. The van der Waals surface area contributed by atoms with Gasteiger partial charge >= 0.3 is 0 Å². The number of rotatable bonds is 5. The van der Waals surface area contributed by atoms with Crippen molar-refractivity contribution in [2.75, 3.05) is 6.61 Å². The summed E-state index contributed by atoms with van der Waals surface area (Å²) >= 11 is 1.78. The smallest absolute Gasteiger partial charge is 0.0947 e. The van der Waals surface area contributed by atoms with Crippen molar-refractivity contribution in [1.29, 1.82) is 0 Å². The molecule has 2 N–H and O–H groups in total. The lowest BCUT2D eigenvalue weighted by molar-refractivity contribution is -0.0925. The van der Waals surface area contributed by atoms with Gasteiger partial charge in [-0.1, -0.05) is 19.8 Å². The Morgan fingerprint density at radius 2 is 2.25 bits per heavy atom. The third-order valence-electron chi connectivity index (χ3n) is 4.57. The average Bonchev–Trinajstić information content (AvgIpc) is 2.68. The van der Waals surface area contributed by atoms with Gasteiger partial charge < -0.3 is 10.5 Å². The van der Waals surface area contributed by atoms with Crippen molar-refractivity contribution in [3.8, 4) is 0 Å². The third kappa shape index (κ3) is 3.41. The van der Waals surface area contributed by atoms with Crippen molar-refractivity contribution in [1.82, 2.24) is 4.98 Å². The number of nitrogens with two attached hydrogens (primary N) is 1. The quantitative estimate of drug-likeness (QED) is 0.903. The van der Waals surface area contributed by atoms with Crippen molar-refractivity contribution in [3.63, 3.8) is 0 Å². The zero-order valence-corrected chi connectivity index (χ0v) is 14.1. The van der Waals surface area contributed by atoms with Crippen molar-refractivity contribution in [3.05, 3.63) is 15.6 Å². The normalized spacial score (nSPS) is 28.6. The summed E-state index contributed by atoms with van der Waals surface area (Å²) in [5.41, 5.74) is 7.56. The highest BCUT2D eigenvalue weighted by Gasteiger charge is 2.41. The van der Waals surface area contributed by atoms with Crippen LogP contribution in [0.3, 0.4) is 0 Å². The second-order valence-corrected chi connectivity index (χ2v) is 7.55. The fourth-order valence-corrected chi connectivity index (χ4v) is 4.40. The van der Waals surface area contributed by atoms with Crippen molar-refractivity contribution < 1.29 is 4.74 Å². The fourth-order valence-electron chi connectivity index (χ4n) is 3.41. The molecule has 114 valence electrons. The first-order chi connectivity index (χ1) is 9.47. The Labute approximate surface area is 126 Å². The second-order valence-electron chi connectivity index (χ2n) is 6.26. The van der Waals surface area contributed by atoms with E-state index in [1.165, 1.54) is 17.7 Å². The topological polar surface area (TPSA) is 48.1 Å². The van der Waals surface area contributed by atoms with E-state index in [4.69, 9.17) is 10.5 Å². The summed E-state index contributed by atoms with van der Waals surface area (Å²) < 4.78 is 6.16. The standard InChI is InChI=1S/C16H28N2OS/c1-5-19-16(8-6-7-11(2)10-16)14(17)9-15-18-12(3)13(4)20-15/h11,14H,5-10,17H2,1-4H3. The van der Waals surface area contributed by atoms with Gasteiger partial charge in [-0.05, 0) is 39.5 Å². The van der Waals surface area contributed by atoms with Crippen LogP contribution in [0, 0.1) is 19.8 Å². The minimum absolute atomic E-state index is 0.0511. The van der Waals surface area contributed by atoms with Crippen LogP contribution in [0.15, 0.2) is 0 Å². The van der Waals surface area contributed by atoms with Crippen LogP contribution >= 0.6 is 11.3 Å². The van der Waals surface area contributed by atoms with Crippen molar-refractivity contribution >= 4 is 11.3 Å². The number of hydrogen-bond acceptors (Lipinski definition) is 4. The molecule has 0 radical (unpaired) electrons. The van der Waals surface area contributed by atoms with E-state index in [1.807, 2.05) is 0 Å². The molecule has 1 saturated carbocycles. The maximum atomic E-state index is 6.56. The molecule has 1 aromatic heterocycles. The third-order valence-corrected chi connectivity index (χ3v) is 5.66. The maximum Gasteiger partial charge on any atom is 0.0947 e. The predicted molar refractivity (Wildman–Crippen MR) is 85.3 cm³/mol. The Morgan fingerprint density at radius 1 is 1.50 bits per heavy atom. The van der Waals surface area contributed by atoms with Crippen molar-refractivity contribution in [2.45, 2.75) is 71.4 Å². The Morgan fingerprint density at radius 3 is 2.80 bits per heavy atom. The molecule has 1 aromatic rings. The van der Waals surface area contributed by atoms with Crippen LogP contribution in [0.1, 0.15) is 55.1 Å². The number of hydrogen-bond donors (Lipinski definition) is 1. The molecule has 20 heavy (non-hydrogen) atoms. The van der Waals surface area contributed by atoms with Crippen LogP contribution in [0.4, 0.5) is 0 Å². The molecule has 0 aliphatic heterocycles. The summed E-state index contributed by atoms with van der Waals surface area (Å²) in [5.74, 6) is 0.709. The van der Waals surface area contributed by atoms with Gasteiger partial charge in [0.05, 0.1) is 16.3 Å². The molecule has 2 rings (SSSR count). The Hall–Kier alpha value is -0.450. The van der Waals surface area contributed by atoms with Crippen molar-refractivity contribution in [2.24, 2.45) is 11.7 Å². The molecule has 0 spiro atoms. The van der Waals surface area contributed by atoms with Gasteiger partial charge in [0.15, 0.2) is 0 Å². The fraction of sp³-hybridized carbons (Fsp3) is 0.812. The van der Waals surface area contributed by atoms with E-state index < -0.39 is 0 Å². The van der Waals surface area contributed by atoms with E-state index in [9.17, 15) is 0 Å². The van der Waals surface area contributed by atoms with Crippen LogP contribution in [0.2, 0.25) is 0 Å². The van der Waals surface area contributed by atoms with Gasteiger partial charge in [0, 0.05) is 23.9 Å². The Bertz CT molecular complexity index is 422. The highest BCUT2D eigenvalue weighted by atomic mass is 32.1. The minimum atomic E-state index is -0.139. The van der Waals surface area contributed by atoms with E-state index in [0.717, 1.165) is 36.6 Å². The molecule has 1 heterocycles. The lowest BCUT2D eigenvalue weighted by Gasteiger charge is -2.43. The molecule has 0 bridgehead atoms. The molecular weight excluding hydrogens is 268 g/mol. The van der Waals surface area contributed by atoms with Crippen LogP contribution in [-0.2, 0) is 11.2 Å². The van der Waals surface area contributed by atoms with E-state index in [-0.39, 0.29) is 11.6 Å². The molecule has 1 fully saturated rings. The van der Waals surface area contributed by atoms with Gasteiger partial charge in [-0.3, -0.25) is 0 Å². The van der Waals surface area contributed by atoms with Gasteiger partial charge in [-0.15, -0.1) is 11.3 Å². The summed E-state index contributed by atoms with van der Waals surface area (Å²) in [6, 6.07) is 0.0511. The maximum absolute atomic E-state index is 6.56. The first-order valence-electron chi connectivity index (χ1n) is 7.79. The van der Waals surface area contributed by atoms with Gasteiger partial charge in [0.25, 0.3) is 0 Å². The van der Waals surface area contributed by atoms with Crippen LogP contribution < -0.4 is 5.73 Å². The highest BCUT2D eigenvalue weighted by molar-refractivity contribution is 7.11. The molecule has 1 aliphatic rings. The molecule has 3 atom stereocenters. The van der Waals surface area contributed by atoms with Crippen LogP contribution in [0.5, 0.6) is 0 Å².